The van der Waals surface area contributed by atoms with E-state index in [1.807, 2.05) is 20.8 Å². The maximum Gasteiger partial charge on any atom is 0.251 e. The molecule has 3 aromatic heterocycles. The van der Waals surface area contributed by atoms with Crippen LogP contribution >= 0.6 is 11.6 Å². The summed E-state index contributed by atoms with van der Waals surface area (Å²) in [7, 11) is 0. The summed E-state index contributed by atoms with van der Waals surface area (Å²) in [5.41, 5.74) is 8.70. The van der Waals surface area contributed by atoms with Gasteiger partial charge in [-0.25, -0.2) is 14.6 Å². The summed E-state index contributed by atoms with van der Waals surface area (Å²) in [6.07, 6.45) is 1.41. The molecule has 0 unspecified atom stereocenters. The van der Waals surface area contributed by atoms with Gasteiger partial charge in [0.15, 0.2) is 5.65 Å². The molecule has 4 rings (SSSR count). The molecule has 0 aliphatic rings. The zero-order chi connectivity index (χ0) is 21.6. The van der Waals surface area contributed by atoms with Gasteiger partial charge in [0.05, 0.1) is 28.2 Å². The lowest BCUT2D eigenvalue weighted by molar-refractivity contribution is 0.0945. The molecule has 156 valence electrons. The first-order chi connectivity index (χ1) is 14.2. The Bertz CT molecular complexity index is 1270. The Kier molecular flexibility index (Phi) is 4.87. The number of carbonyl (C=O) groups is 1. The fourth-order valence-electron chi connectivity index (χ4n) is 3.36. The Labute approximate surface area is 177 Å². The number of amides is 1. The van der Waals surface area contributed by atoms with E-state index < -0.39 is 0 Å². The highest BCUT2D eigenvalue weighted by Crippen LogP contribution is 2.39. The molecular formula is C20H22ClN7O2. The number of aromatic amines is 1. The predicted molar refractivity (Wildman–Crippen MR) is 116 cm³/mol. The lowest BCUT2D eigenvalue weighted by Crippen LogP contribution is -2.26. The number of aromatic nitrogens is 5. The van der Waals surface area contributed by atoms with Gasteiger partial charge in [-0.3, -0.25) is 4.79 Å². The van der Waals surface area contributed by atoms with Crippen LogP contribution in [0.3, 0.4) is 0 Å². The van der Waals surface area contributed by atoms with Crippen LogP contribution in [0.25, 0.3) is 33.3 Å². The molecule has 4 aromatic rings. The van der Waals surface area contributed by atoms with Crippen molar-refractivity contribution in [2.24, 2.45) is 0 Å². The van der Waals surface area contributed by atoms with Crippen molar-refractivity contribution in [2.75, 3.05) is 18.9 Å². The van der Waals surface area contributed by atoms with Crippen LogP contribution in [-0.4, -0.2) is 48.9 Å². The van der Waals surface area contributed by atoms with E-state index in [1.165, 1.54) is 6.33 Å². The van der Waals surface area contributed by atoms with Gasteiger partial charge in [0.25, 0.3) is 5.91 Å². The number of aliphatic hydroxyl groups is 1. The van der Waals surface area contributed by atoms with Crippen molar-refractivity contribution in [3.8, 4) is 11.4 Å². The number of benzene rings is 1. The minimum atomic E-state index is -0.340. The molecule has 0 aliphatic carbocycles. The van der Waals surface area contributed by atoms with E-state index in [2.05, 4.69) is 20.3 Å². The number of nitrogens with two attached hydrogens (primary N) is 1. The maximum atomic E-state index is 12.2. The van der Waals surface area contributed by atoms with Crippen LogP contribution in [0.1, 0.15) is 31.1 Å². The quantitative estimate of drug-likeness (QED) is 0.395. The zero-order valence-electron chi connectivity index (χ0n) is 16.8. The average molecular weight is 428 g/mol. The molecule has 9 nitrogen and oxygen atoms in total. The van der Waals surface area contributed by atoms with Crippen LogP contribution in [-0.2, 0) is 5.54 Å². The second-order valence-corrected chi connectivity index (χ2v) is 8.32. The number of carbonyl (C=O) groups excluding carboxylic acids is 1. The molecule has 0 aliphatic heterocycles. The number of nitrogens with one attached hydrogen (secondary N) is 2. The summed E-state index contributed by atoms with van der Waals surface area (Å²) in [4.78, 5) is 24.0. The Balaban J connectivity index is 1.91. The van der Waals surface area contributed by atoms with Gasteiger partial charge in [-0.2, -0.15) is 5.10 Å². The predicted octanol–water partition coefficient (Wildman–Crippen LogP) is 2.69. The number of anilines is 1. The molecular weight excluding hydrogens is 406 g/mol. The number of nitrogen functional groups attached to an aromatic ring is 1. The van der Waals surface area contributed by atoms with Crippen LogP contribution in [0.2, 0.25) is 5.02 Å². The van der Waals surface area contributed by atoms with Crippen molar-refractivity contribution in [3.63, 3.8) is 0 Å². The smallest absolute Gasteiger partial charge is 0.251 e. The molecule has 0 spiro atoms. The summed E-state index contributed by atoms with van der Waals surface area (Å²) in [5.74, 6) is 0.0302. The van der Waals surface area contributed by atoms with E-state index >= 15 is 0 Å². The Morgan fingerprint density at radius 1 is 1.33 bits per heavy atom. The minimum Gasteiger partial charge on any atom is -0.395 e. The summed E-state index contributed by atoms with van der Waals surface area (Å²) in [5, 5.41) is 18.1. The van der Waals surface area contributed by atoms with Gasteiger partial charge in [-0.1, -0.05) is 17.7 Å². The van der Waals surface area contributed by atoms with E-state index in [0.29, 0.717) is 44.3 Å². The topological polar surface area (TPSA) is 135 Å². The van der Waals surface area contributed by atoms with E-state index in [1.54, 1.807) is 22.9 Å². The molecule has 0 radical (unpaired) electrons. The SMILES string of the molecule is CC(C)(C)n1nc(-c2[nH]c3cc(C(=O)NCCO)ccc3c2Cl)c2c(N)ncnc21. The summed E-state index contributed by atoms with van der Waals surface area (Å²) in [6.45, 7) is 6.12. The Hall–Kier alpha value is -3.17. The first-order valence-corrected chi connectivity index (χ1v) is 9.80. The van der Waals surface area contributed by atoms with E-state index in [4.69, 9.17) is 27.5 Å². The highest BCUT2D eigenvalue weighted by Gasteiger charge is 2.26. The molecule has 0 atom stereocenters. The Morgan fingerprint density at radius 2 is 2.10 bits per heavy atom. The molecule has 10 heteroatoms. The number of fused-ring (bicyclic) bond motifs is 2. The van der Waals surface area contributed by atoms with Gasteiger partial charge in [0.2, 0.25) is 0 Å². The van der Waals surface area contributed by atoms with Gasteiger partial charge in [-0.15, -0.1) is 0 Å². The third-order valence-corrected chi connectivity index (χ3v) is 5.15. The Morgan fingerprint density at radius 3 is 2.80 bits per heavy atom. The zero-order valence-corrected chi connectivity index (χ0v) is 17.6. The van der Waals surface area contributed by atoms with Crippen LogP contribution in [0, 0.1) is 0 Å². The first kappa shape index (κ1) is 20.1. The van der Waals surface area contributed by atoms with Crippen LogP contribution in [0.4, 0.5) is 5.82 Å². The maximum absolute atomic E-state index is 12.2. The molecule has 0 bridgehead atoms. The molecule has 0 saturated carbocycles. The number of H-pyrrole nitrogens is 1. The van der Waals surface area contributed by atoms with E-state index in [0.717, 1.165) is 5.39 Å². The van der Waals surface area contributed by atoms with Crippen LogP contribution < -0.4 is 11.1 Å². The highest BCUT2D eigenvalue weighted by atomic mass is 35.5. The third-order valence-electron chi connectivity index (χ3n) is 4.76. The number of hydrogen-bond acceptors (Lipinski definition) is 6. The second kappa shape index (κ2) is 7.26. The van der Waals surface area contributed by atoms with Crippen LogP contribution in [0.15, 0.2) is 24.5 Å². The summed E-state index contributed by atoms with van der Waals surface area (Å²) < 4.78 is 1.80. The molecule has 3 heterocycles. The largest absolute Gasteiger partial charge is 0.395 e. The van der Waals surface area contributed by atoms with Crippen molar-refractivity contribution in [3.05, 3.63) is 35.1 Å². The lowest BCUT2D eigenvalue weighted by atomic mass is 10.1. The lowest BCUT2D eigenvalue weighted by Gasteiger charge is -2.19. The fraction of sp³-hybridized carbons (Fsp3) is 0.300. The van der Waals surface area contributed by atoms with Crippen LogP contribution in [0.5, 0.6) is 0 Å². The van der Waals surface area contributed by atoms with Gasteiger partial charge in [0.1, 0.15) is 17.8 Å². The molecule has 1 amide bonds. The van der Waals surface area contributed by atoms with Crippen molar-refractivity contribution in [2.45, 2.75) is 26.3 Å². The van der Waals surface area contributed by atoms with Gasteiger partial charge >= 0.3 is 0 Å². The average Bonchev–Trinajstić information content (AvgIpc) is 3.25. The van der Waals surface area contributed by atoms with E-state index in [9.17, 15) is 4.79 Å². The summed E-state index contributed by atoms with van der Waals surface area (Å²) in [6, 6.07) is 5.16. The standard InChI is InChI=1S/C20H22ClN7O2/c1-20(2,3)28-18-13(17(22)24-9-25-18)15(27-28)16-14(21)11-5-4-10(8-12(11)26-16)19(30)23-6-7-29/h4-5,8-9,26,29H,6-7H2,1-3H3,(H,23,30)(H2,22,24,25). The van der Waals surface area contributed by atoms with Gasteiger partial charge in [-0.05, 0) is 32.9 Å². The van der Waals surface area contributed by atoms with Crippen molar-refractivity contribution in [1.29, 1.82) is 0 Å². The molecule has 1 aromatic carbocycles. The number of nitrogens with zero attached hydrogens (tertiary/aromatic N) is 4. The minimum absolute atomic E-state index is 0.126. The second-order valence-electron chi connectivity index (χ2n) is 7.94. The normalized spacial score (nSPS) is 12.0. The number of hydrogen-bond donors (Lipinski definition) is 4. The molecule has 0 saturated heterocycles. The summed E-state index contributed by atoms with van der Waals surface area (Å²) >= 11 is 6.69. The first-order valence-electron chi connectivity index (χ1n) is 9.42. The fourth-order valence-corrected chi connectivity index (χ4v) is 3.66. The molecule has 30 heavy (non-hydrogen) atoms. The third kappa shape index (κ3) is 3.25. The highest BCUT2D eigenvalue weighted by molar-refractivity contribution is 6.38. The monoisotopic (exact) mass is 427 g/mol. The molecule has 5 N–H and O–H groups in total. The van der Waals surface area contributed by atoms with Crippen molar-refractivity contribution < 1.29 is 9.90 Å². The van der Waals surface area contributed by atoms with E-state index in [-0.39, 0.29) is 24.6 Å². The number of halogens is 1. The molecule has 0 fully saturated rings. The number of rotatable bonds is 4. The van der Waals surface area contributed by atoms with Crippen molar-refractivity contribution in [1.82, 2.24) is 30.0 Å². The number of aliphatic hydroxyl groups excluding tert-OH is 1. The van der Waals surface area contributed by atoms with Crippen molar-refractivity contribution >= 4 is 45.3 Å². The van der Waals surface area contributed by atoms with Gasteiger partial charge < -0.3 is 21.1 Å². The van der Waals surface area contributed by atoms with Gasteiger partial charge in [0, 0.05) is 23.0 Å².